The first-order valence-corrected chi connectivity index (χ1v) is 6.68. The van der Waals surface area contributed by atoms with Gasteiger partial charge >= 0.3 is 0 Å². The quantitative estimate of drug-likeness (QED) is 0.780. The van der Waals surface area contributed by atoms with Crippen LogP contribution in [0.4, 0.5) is 0 Å². The minimum Gasteiger partial charge on any atom is -0.496 e. The number of methoxy groups -OCH3 is 1. The molecule has 0 N–H and O–H groups in total. The summed E-state index contributed by atoms with van der Waals surface area (Å²) in [6.07, 6.45) is 1.05. The third kappa shape index (κ3) is 3.78. The van der Waals surface area contributed by atoms with E-state index in [0.717, 1.165) is 56.1 Å². The molecule has 0 atom stereocenters. The van der Waals surface area contributed by atoms with Gasteiger partial charge in [-0.2, -0.15) is 0 Å². The number of ketones is 1. The maximum atomic E-state index is 11.5. The van der Waals surface area contributed by atoms with E-state index in [1.54, 1.807) is 14.0 Å². The van der Waals surface area contributed by atoms with Gasteiger partial charge in [-0.25, -0.2) is 0 Å². The molecule has 2 rings (SSSR count). The Bertz CT molecular complexity index is 437. The summed E-state index contributed by atoms with van der Waals surface area (Å²) in [6.45, 7) is 5.94. The van der Waals surface area contributed by atoms with E-state index in [0.29, 0.717) is 0 Å². The SMILES string of the molecule is COc1ccc(C(C)=O)cc1CN1CCCOCC1. The van der Waals surface area contributed by atoms with Gasteiger partial charge in [-0.05, 0) is 31.5 Å². The maximum absolute atomic E-state index is 11.5. The van der Waals surface area contributed by atoms with Crippen LogP contribution < -0.4 is 4.74 Å². The molecule has 1 fully saturated rings. The Morgan fingerprint density at radius 2 is 2.21 bits per heavy atom. The number of benzene rings is 1. The lowest BCUT2D eigenvalue weighted by molar-refractivity contribution is 0.101. The van der Waals surface area contributed by atoms with Crippen molar-refractivity contribution in [2.45, 2.75) is 19.9 Å². The molecule has 0 spiro atoms. The number of ether oxygens (including phenoxy) is 2. The van der Waals surface area contributed by atoms with E-state index in [4.69, 9.17) is 9.47 Å². The Morgan fingerprint density at radius 3 is 2.95 bits per heavy atom. The van der Waals surface area contributed by atoms with Gasteiger partial charge in [0.2, 0.25) is 0 Å². The molecule has 19 heavy (non-hydrogen) atoms. The molecule has 1 aliphatic rings. The topological polar surface area (TPSA) is 38.8 Å². The van der Waals surface area contributed by atoms with Crippen LogP contribution in [0.3, 0.4) is 0 Å². The molecule has 0 amide bonds. The van der Waals surface area contributed by atoms with Crippen molar-refractivity contribution in [1.82, 2.24) is 4.90 Å². The minimum atomic E-state index is 0.0862. The number of carbonyl (C=O) groups excluding carboxylic acids is 1. The van der Waals surface area contributed by atoms with Crippen LogP contribution in [0.15, 0.2) is 18.2 Å². The molecule has 1 aliphatic heterocycles. The minimum absolute atomic E-state index is 0.0862. The van der Waals surface area contributed by atoms with E-state index < -0.39 is 0 Å². The first-order chi connectivity index (χ1) is 9.20. The van der Waals surface area contributed by atoms with Crippen molar-refractivity contribution in [2.24, 2.45) is 0 Å². The molecule has 0 bridgehead atoms. The van der Waals surface area contributed by atoms with Gasteiger partial charge in [0.1, 0.15) is 5.75 Å². The van der Waals surface area contributed by atoms with Gasteiger partial charge < -0.3 is 9.47 Å². The zero-order valence-electron chi connectivity index (χ0n) is 11.6. The highest BCUT2D eigenvalue weighted by Crippen LogP contribution is 2.22. The van der Waals surface area contributed by atoms with Crippen molar-refractivity contribution in [3.63, 3.8) is 0 Å². The van der Waals surface area contributed by atoms with E-state index in [1.165, 1.54) is 0 Å². The molecule has 0 saturated carbocycles. The fraction of sp³-hybridized carbons (Fsp3) is 0.533. The van der Waals surface area contributed by atoms with Crippen molar-refractivity contribution in [2.75, 3.05) is 33.4 Å². The van der Waals surface area contributed by atoms with E-state index in [1.807, 2.05) is 18.2 Å². The van der Waals surface area contributed by atoms with Crippen LogP contribution in [0.5, 0.6) is 5.75 Å². The number of hydrogen-bond donors (Lipinski definition) is 0. The van der Waals surface area contributed by atoms with Crippen LogP contribution in [0.2, 0.25) is 0 Å². The van der Waals surface area contributed by atoms with Crippen LogP contribution in [0.1, 0.15) is 29.3 Å². The second-order valence-corrected chi connectivity index (χ2v) is 4.82. The molecular weight excluding hydrogens is 242 g/mol. The fourth-order valence-electron chi connectivity index (χ4n) is 2.32. The van der Waals surface area contributed by atoms with Gasteiger partial charge in [-0.15, -0.1) is 0 Å². The molecule has 0 unspecified atom stereocenters. The normalized spacial score (nSPS) is 16.9. The summed E-state index contributed by atoms with van der Waals surface area (Å²) >= 11 is 0. The zero-order valence-corrected chi connectivity index (χ0v) is 11.6. The smallest absolute Gasteiger partial charge is 0.159 e. The summed E-state index contributed by atoms with van der Waals surface area (Å²) in [5, 5.41) is 0. The predicted molar refractivity (Wildman–Crippen MR) is 73.7 cm³/mol. The second kappa shape index (κ2) is 6.68. The molecule has 1 saturated heterocycles. The number of rotatable bonds is 4. The van der Waals surface area contributed by atoms with Crippen molar-refractivity contribution in [1.29, 1.82) is 0 Å². The van der Waals surface area contributed by atoms with Crippen molar-refractivity contribution in [3.05, 3.63) is 29.3 Å². The van der Waals surface area contributed by atoms with Crippen LogP contribution in [-0.4, -0.2) is 44.1 Å². The highest BCUT2D eigenvalue weighted by molar-refractivity contribution is 5.94. The summed E-state index contributed by atoms with van der Waals surface area (Å²) in [7, 11) is 1.66. The maximum Gasteiger partial charge on any atom is 0.159 e. The Labute approximate surface area is 114 Å². The standard InChI is InChI=1S/C15H21NO3/c1-12(17)13-4-5-15(18-2)14(10-13)11-16-6-3-8-19-9-7-16/h4-5,10H,3,6-9,11H2,1-2H3. The molecule has 0 radical (unpaired) electrons. The summed E-state index contributed by atoms with van der Waals surface area (Å²) in [6, 6.07) is 5.63. The van der Waals surface area contributed by atoms with Gasteiger partial charge in [0, 0.05) is 37.4 Å². The fourth-order valence-corrected chi connectivity index (χ4v) is 2.32. The first-order valence-electron chi connectivity index (χ1n) is 6.68. The Morgan fingerprint density at radius 1 is 1.37 bits per heavy atom. The molecule has 0 aliphatic carbocycles. The lowest BCUT2D eigenvalue weighted by Crippen LogP contribution is -2.26. The molecule has 0 aromatic heterocycles. The van der Waals surface area contributed by atoms with Gasteiger partial charge in [0.05, 0.1) is 13.7 Å². The summed E-state index contributed by atoms with van der Waals surface area (Å²) in [5.41, 5.74) is 1.80. The van der Waals surface area contributed by atoms with E-state index in [9.17, 15) is 4.79 Å². The predicted octanol–water partition coefficient (Wildman–Crippen LogP) is 2.12. The molecule has 1 aromatic carbocycles. The number of nitrogens with zero attached hydrogens (tertiary/aromatic N) is 1. The molecule has 1 aromatic rings. The molecular formula is C15H21NO3. The summed E-state index contributed by atoms with van der Waals surface area (Å²) in [5.74, 6) is 0.929. The van der Waals surface area contributed by atoms with Crippen molar-refractivity contribution < 1.29 is 14.3 Å². The molecule has 4 nitrogen and oxygen atoms in total. The molecule has 4 heteroatoms. The van der Waals surface area contributed by atoms with Crippen molar-refractivity contribution >= 4 is 5.78 Å². The van der Waals surface area contributed by atoms with E-state index >= 15 is 0 Å². The van der Waals surface area contributed by atoms with Gasteiger partial charge in [-0.3, -0.25) is 9.69 Å². The monoisotopic (exact) mass is 263 g/mol. The average molecular weight is 263 g/mol. The first kappa shape index (κ1) is 14.0. The third-order valence-electron chi connectivity index (χ3n) is 3.40. The van der Waals surface area contributed by atoms with Gasteiger partial charge in [0.25, 0.3) is 0 Å². The molecule has 1 heterocycles. The van der Waals surface area contributed by atoms with Crippen LogP contribution in [-0.2, 0) is 11.3 Å². The van der Waals surface area contributed by atoms with Crippen LogP contribution in [0.25, 0.3) is 0 Å². The number of Topliss-reactive ketones (excluding diaryl/α,β-unsaturated/α-hetero) is 1. The molecule has 104 valence electrons. The van der Waals surface area contributed by atoms with Crippen LogP contribution >= 0.6 is 0 Å². The largest absolute Gasteiger partial charge is 0.496 e. The summed E-state index contributed by atoms with van der Waals surface area (Å²) < 4.78 is 10.8. The highest BCUT2D eigenvalue weighted by Gasteiger charge is 2.13. The Hall–Kier alpha value is -1.39. The van der Waals surface area contributed by atoms with Gasteiger partial charge in [0.15, 0.2) is 5.78 Å². The lowest BCUT2D eigenvalue weighted by atomic mass is 10.1. The van der Waals surface area contributed by atoms with Crippen molar-refractivity contribution in [3.8, 4) is 5.75 Å². The Kier molecular flexibility index (Phi) is 4.93. The third-order valence-corrected chi connectivity index (χ3v) is 3.40. The summed E-state index contributed by atoms with van der Waals surface area (Å²) in [4.78, 5) is 13.8. The van der Waals surface area contributed by atoms with Crippen LogP contribution in [0, 0.1) is 0 Å². The van der Waals surface area contributed by atoms with E-state index in [-0.39, 0.29) is 5.78 Å². The van der Waals surface area contributed by atoms with E-state index in [2.05, 4.69) is 4.90 Å². The lowest BCUT2D eigenvalue weighted by Gasteiger charge is -2.20. The zero-order chi connectivity index (χ0) is 13.7. The second-order valence-electron chi connectivity index (χ2n) is 4.82. The number of carbonyl (C=O) groups is 1. The average Bonchev–Trinajstić information content (AvgIpc) is 2.67. The highest BCUT2D eigenvalue weighted by atomic mass is 16.5. The van der Waals surface area contributed by atoms with Gasteiger partial charge in [-0.1, -0.05) is 0 Å². The number of hydrogen-bond acceptors (Lipinski definition) is 4. The Balaban J connectivity index is 2.16.